The van der Waals surface area contributed by atoms with E-state index in [-0.39, 0.29) is 195 Å². The molecule has 0 aliphatic heterocycles. The second-order valence-electron chi connectivity index (χ2n) is 9.72. The summed E-state index contributed by atoms with van der Waals surface area (Å²) in [6.45, 7) is 0. The quantitative estimate of drug-likeness (QED) is 0.163. The van der Waals surface area contributed by atoms with Crippen LogP contribution in [0.5, 0.6) is 0 Å². The molecule has 20 nitrogen and oxygen atoms in total. The summed E-state index contributed by atoms with van der Waals surface area (Å²) in [7, 11) is 0. The number of aromatic nitrogens is 8. The van der Waals surface area contributed by atoms with Crippen LogP contribution in [0, 0.1) is 0 Å². The molecule has 0 saturated carbocycles. The molecule has 0 fully saturated rings. The van der Waals surface area contributed by atoms with Crippen LogP contribution in [-0.2, 0) is 195 Å². The summed E-state index contributed by atoms with van der Waals surface area (Å²) in [6.07, 6.45) is 14.1. The van der Waals surface area contributed by atoms with E-state index >= 15 is 0 Å². The average Bonchev–Trinajstić information content (AvgIpc) is 3.21. The van der Waals surface area contributed by atoms with E-state index in [0.717, 1.165) is 45.6 Å². The molecule has 4 radical (unpaired) electrons. The largest absolute Gasteiger partial charge is 2.00 e. The zero-order valence-electron chi connectivity index (χ0n) is 34.2. The minimum atomic E-state index is 0. The van der Waals surface area contributed by atoms with Gasteiger partial charge in [0.2, 0.25) is 0 Å². The van der Waals surface area contributed by atoms with Gasteiger partial charge in [0.1, 0.15) is 0 Å². The van der Waals surface area contributed by atoms with Gasteiger partial charge in [0.05, 0.1) is 45.6 Å². The van der Waals surface area contributed by atoms with Crippen molar-refractivity contribution in [2.45, 2.75) is 0 Å². The fourth-order valence-corrected chi connectivity index (χ4v) is 4.11. The minimum absolute atomic E-state index is 0. The van der Waals surface area contributed by atoms with Crippen molar-refractivity contribution in [3.63, 3.8) is 0 Å². The molecule has 0 spiro atoms. The topological polar surface area (TPSA) is 445 Å². The van der Waals surface area contributed by atoms with Gasteiger partial charge in [-0.05, 0) is 97.1 Å². The van der Waals surface area contributed by atoms with Gasteiger partial charge in [0.25, 0.3) is 0 Å². The van der Waals surface area contributed by atoms with Gasteiger partial charge >= 0.3 is 54.6 Å². The summed E-state index contributed by atoms with van der Waals surface area (Å²) < 4.78 is 0. The van der Waals surface area contributed by atoms with Crippen LogP contribution in [0.1, 0.15) is 0 Å². The summed E-state index contributed by atoms with van der Waals surface area (Å²) in [5.41, 5.74) is 7.32. The molecule has 348 valence electrons. The van der Waals surface area contributed by atoms with E-state index in [2.05, 4.69) is 39.9 Å². The van der Waals surface area contributed by atoms with Crippen LogP contribution in [0.4, 0.5) is 0 Å². The third kappa shape index (κ3) is 37.0. The Morgan fingerprint density at radius 2 is 0.258 bits per heavy atom. The van der Waals surface area contributed by atoms with Gasteiger partial charge in [-0.15, -0.1) is 0 Å². The van der Waals surface area contributed by atoms with E-state index in [9.17, 15) is 0 Å². The van der Waals surface area contributed by atoms with Crippen LogP contribution in [0.15, 0.2) is 195 Å². The molecule has 8 rings (SSSR count). The van der Waals surface area contributed by atoms with E-state index in [1.165, 1.54) is 0 Å². The SMILES string of the molecule is [Cd+2].[Cd+2].[O-2].[O-2].[O-2].[O-2].[O-2].[O-2].[O-2].[O-2].[O-2].[O-2].[O-2].[O-2].[V].[V].[V].[V].c1ccc(-c2ccccn2)nc1.c1ccc(-c2ccccn2)nc1.c1ccc(-c2ccccn2)nc1.c1ccc(-c2ccccn2)nc1. The van der Waals surface area contributed by atoms with Crippen molar-refractivity contribution in [1.29, 1.82) is 0 Å². The van der Waals surface area contributed by atoms with Crippen LogP contribution in [0.25, 0.3) is 45.6 Å². The Morgan fingerprint density at radius 3 is 0.318 bits per heavy atom. The Labute approximate surface area is 470 Å². The predicted octanol–water partition coefficient (Wildman–Crippen LogP) is 7.13. The van der Waals surface area contributed by atoms with E-state index in [1.807, 2.05) is 146 Å². The Hall–Kier alpha value is -3.10. The first-order valence-corrected chi connectivity index (χ1v) is 15.2. The zero-order valence-corrected chi connectivity index (χ0v) is 47.8. The van der Waals surface area contributed by atoms with Crippen molar-refractivity contribution in [3.8, 4) is 45.6 Å². The van der Waals surface area contributed by atoms with Crippen molar-refractivity contribution in [2.24, 2.45) is 0 Å². The van der Waals surface area contributed by atoms with Crippen LogP contribution in [0.3, 0.4) is 0 Å². The van der Waals surface area contributed by atoms with E-state index in [0.29, 0.717) is 0 Å². The Kier molecular flexibility index (Phi) is 94.5. The zero-order chi connectivity index (χ0) is 32.9. The monoisotopic (exact) mass is 1250 g/mol. The number of hydrogen-bond acceptors (Lipinski definition) is 8. The first-order chi connectivity index (χ1) is 23.9. The fraction of sp³-hybridized carbons (Fsp3) is 0. The second-order valence-corrected chi connectivity index (χ2v) is 9.72. The van der Waals surface area contributed by atoms with Gasteiger partial charge in [-0.3, -0.25) is 39.9 Å². The molecular formula is C40H32Cd2N8O12V4-20. The molecule has 0 atom stereocenters. The maximum atomic E-state index is 4.19. The molecule has 26 heteroatoms. The number of hydrogen-bond donors (Lipinski definition) is 0. The van der Waals surface area contributed by atoms with Crippen LogP contribution in [-0.4, -0.2) is 39.9 Å². The average molecular weight is 1250 g/mol. The maximum absolute atomic E-state index is 4.19. The Balaban J connectivity index is -0.0000000417. The molecule has 0 aromatic carbocycles. The van der Waals surface area contributed by atoms with Crippen LogP contribution in [0.2, 0.25) is 0 Å². The van der Waals surface area contributed by atoms with Crippen LogP contribution < -0.4 is 0 Å². The first-order valence-electron chi connectivity index (χ1n) is 15.2. The summed E-state index contributed by atoms with van der Waals surface area (Å²) in [5.74, 6) is 0. The van der Waals surface area contributed by atoms with Crippen molar-refractivity contribution < 1.29 is 195 Å². The van der Waals surface area contributed by atoms with Gasteiger partial charge in [-0.1, -0.05) is 48.5 Å². The minimum Gasteiger partial charge on any atom is -2.00 e. The second kappa shape index (κ2) is 61.9. The molecule has 0 N–H and O–H groups in total. The molecule has 0 unspecified atom stereocenters. The van der Waals surface area contributed by atoms with Gasteiger partial charge in [-0.2, -0.15) is 0 Å². The Bertz CT molecular complexity index is 1600. The van der Waals surface area contributed by atoms with Crippen molar-refractivity contribution >= 4 is 0 Å². The van der Waals surface area contributed by atoms with Crippen molar-refractivity contribution in [3.05, 3.63) is 195 Å². The maximum Gasteiger partial charge on any atom is 2.00 e. The molecule has 0 saturated heterocycles. The number of pyridine rings is 8. The molecule has 8 heterocycles. The summed E-state index contributed by atoms with van der Waals surface area (Å²) >= 11 is 0. The number of rotatable bonds is 4. The molecule has 0 amide bonds. The van der Waals surface area contributed by atoms with Crippen molar-refractivity contribution in [2.75, 3.05) is 0 Å². The van der Waals surface area contributed by atoms with E-state index in [1.54, 1.807) is 49.6 Å². The Morgan fingerprint density at radius 1 is 0.167 bits per heavy atom. The predicted molar refractivity (Wildman–Crippen MR) is 198 cm³/mol. The summed E-state index contributed by atoms with van der Waals surface area (Å²) in [6, 6.07) is 46.4. The molecular weight excluding hydrogens is 1210 g/mol. The first kappa shape index (κ1) is 101. The summed E-state index contributed by atoms with van der Waals surface area (Å²) in [5, 5.41) is 0. The molecule has 0 aliphatic carbocycles. The third-order valence-electron chi connectivity index (χ3n) is 6.37. The standard InChI is InChI=1S/4C10H8N2.2Cd.12O.4V/c4*1-3-7-11-9(5-1)10-6-2-4-8-12-10;;;;;;;;;;;;;;;;;;/h4*1-8H;;;;;;;;;;;;;;;;;;/q;;;;2*+2;12*-2;;;;. The molecule has 0 aliphatic rings. The van der Waals surface area contributed by atoms with Crippen molar-refractivity contribution in [1.82, 2.24) is 39.9 Å². The van der Waals surface area contributed by atoms with Crippen LogP contribution >= 0.6 is 0 Å². The van der Waals surface area contributed by atoms with E-state index < -0.39 is 0 Å². The number of nitrogens with zero attached hydrogens (tertiary/aromatic N) is 8. The fourth-order valence-electron chi connectivity index (χ4n) is 4.11. The molecule has 0 bridgehead atoms. The smallest absolute Gasteiger partial charge is 2.00 e. The third-order valence-corrected chi connectivity index (χ3v) is 6.37. The van der Waals surface area contributed by atoms with Gasteiger partial charge < -0.3 is 65.7 Å². The molecule has 66 heavy (non-hydrogen) atoms. The molecule has 8 aromatic rings. The van der Waals surface area contributed by atoms with E-state index in [4.69, 9.17) is 0 Å². The van der Waals surface area contributed by atoms with Gasteiger partial charge in [-0.25, -0.2) is 0 Å². The normalized spacial score (nSPS) is 7.03. The molecule has 8 aromatic heterocycles. The summed E-state index contributed by atoms with van der Waals surface area (Å²) in [4.78, 5) is 33.5. The van der Waals surface area contributed by atoms with Gasteiger partial charge in [0, 0.05) is 124 Å². The van der Waals surface area contributed by atoms with Gasteiger partial charge in [0.15, 0.2) is 0 Å².